The summed E-state index contributed by atoms with van der Waals surface area (Å²) in [5.41, 5.74) is 1.69. The topological polar surface area (TPSA) is 118 Å². The predicted molar refractivity (Wildman–Crippen MR) is 178 cm³/mol. The van der Waals surface area contributed by atoms with Gasteiger partial charge >= 0.3 is 4.87 Å². The Kier molecular flexibility index (Phi) is 7.72. The average molecular weight is 703 g/mol. The highest BCUT2D eigenvalue weighted by Crippen LogP contribution is 2.54. The van der Waals surface area contributed by atoms with E-state index in [9.17, 15) is 19.2 Å². The zero-order valence-electron chi connectivity index (χ0n) is 23.6. The van der Waals surface area contributed by atoms with Crippen molar-refractivity contribution in [2.24, 2.45) is 5.92 Å². The van der Waals surface area contributed by atoms with Gasteiger partial charge in [-0.3, -0.25) is 19.2 Å². The van der Waals surface area contributed by atoms with Crippen molar-refractivity contribution in [2.75, 3.05) is 23.9 Å². The number of hydrogen-bond acceptors (Lipinski definition) is 8. The van der Waals surface area contributed by atoms with Crippen LogP contribution in [0.3, 0.4) is 0 Å². The first-order valence-electron chi connectivity index (χ1n) is 13.9. The predicted octanol–water partition coefficient (Wildman–Crippen LogP) is 6.17. The number of nitrogens with one attached hydrogen (secondary N) is 2. The SMILES string of the molecule is COc1ccc(N2C(=O)C3Sc4[nH]c(=O)sc4C(c4cc(Br)ccc4OCC(=O)Nc4cccc5ccccc45)C3C2=O)cc1. The number of aromatic nitrogens is 1. The molecule has 1 fully saturated rings. The summed E-state index contributed by atoms with van der Waals surface area (Å²) >= 11 is 5.74. The van der Waals surface area contributed by atoms with E-state index in [-0.39, 0.29) is 29.2 Å². The van der Waals surface area contributed by atoms with Crippen molar-refractivity contribution in [3.63, 3.8) is 0 Å². The number of anilines is 2. The minimum absolute atomic E-state index is 0.281. The number of amides is 3. The van der Waals surface area contributed by atoms with Crippen LogP contribution in [0.15, 0.2) is 99.2 Å². The number of H-pyrrole nitrogens is 1. The molecule has 2 N–H and O–H groups in total. The third-order valence-corrected chi connectivity index (χ3v) is 10.8. The van der Waals surface area contributed by atoms with Gasteiger partial charge in [0.1, 0.15) is 16.7 Å². The Labute approximate surface area is 273 Å². The van der Waals surface area contributed by atoms with E-state index in [4.69, 9.17) is 9.47 Å². The fourth-order valence-corrected chi connectivity index (χ4v) is 8.78. The summed E-state index contributed by atoms with van der Waals surface area (Å²) in [6.45, 7) is -0.297. The summed E-state index contributed by atoms with van der Waals surface area (Å²) < 4.78 is 12.1. The molecule has 9 nitrogen and oxygen atoms in total. The number of aromatic amines is 1. The van der Waals surface area contributed by atoms with Gasteiger partial charge in [-0.1, -0.05) is 75.4 Å². The minimum atomic E-state index is -0.815. The third kappa shape index (κ3) is 5.32. The lowest BCUT2D eigenvalue weighted by molar-refractivity contribution is -0.122. The summed E-state index contributed by atoms with van der Waals surface area (Å²) in [5, 5.41) is 4.61. The fraction of sp³-hybridized carbons (Fsp3) is 0.152. The van der Waals surface area contributed by atoms with Crippen molar-refractivity contribution in [3.05, 3.63) is 110 Å². The molecule has 7 rings (SSSR count). The molecule has 5 aromatic rings. The Hall–Kier alpha value is -4.39. The van der Waals surface area contributed by atoms with Crippen LogP contribution in [0.25, 0.3) is 10.8 Å². The Bertz CT molecular complexity index is 2040. The highest BCUT2D eigenvalue weighted by atomic mass is 79.9. The van der Waals surface area contributed by atoms with Crippen molar-refractivity contribution in [1.29, 1.82) is 0 Å². The van der Waals surface area contributed by atoms with Crippen molar-refractivity contribution < 1.29 is 23.9 Å². The maximum absolute atomic E-state index is 14.1. The number of ether oxygens (including phenoxy) is 2. The number of hydrogen-bond donors (Lipinski definition) is 2. The van der Waals surface area contributed by atoms with Crippen molar-refractivity contribution in [1.82, 2.24) is 4.98 Å². The van der Waals surface area contributed by atoms with Gasteiger partial charge in [-0.05, 0) is 53.9 Å². The summed E-state index contributed by atoms with van der Waals surface area (Å²) in [6, 6.07) is 25.5. The standard InChI is InChI=1S/C33H24BrN3O6S2/c1-42-20-12-10-19(11-13-20)37-31(39)27-26(28-30(36-33(41)45-28)44-29(27)32(37)40)22-15-18(34)9-14-24(22)43-16-25(38)35-23-8-4-6-17-5-2-3-7-21(17)23/h2-15,26-27,29H,16H2,1H3,(H,35,38)(H,36,41). The van der Waals surface area contributed by atoms with E-state index in [1.165, 1.54) is 16.7 Å². The molecule has 2 aliphatic heterocycles. The van der Waals surface area contributed by atoms with Crippen LogP contribution >= 0.6 is 39.0 Å². The van der Waals surface area contributed by atoms with Crippen molar-refractivity contribution in [2.45, 2.75) is 16.2 Å². The number of thioether (sulfide) groups is 1. The number of imide groups is 1. The molecule has 0 saturated carbocycles. The Morgan fingerprint density at radius 1 is 0.978 bits per heavy atom. The van der Waals surface area contributed by atoms with Crippen LogP contribution in [-0.2, 0) is 14.4 Å². The van der Waals surface area contributed by atoms with Crippen LogP contribution in [0, 0.1) is 5.92 Å². The number of halogens is 1. The van der Waals surface area contributed by atoms with E-state index in [2.05, 4.69) is 26.2 Å². The molecule has 45 heavy (non-hydrogen) atoms. The second-order valence-corrected chi connectivity index (χ2v) is 13.6. The van der Waals surface area contributed by atoms with Crippen LogP contribution in [0.2, 0.25) is 0 Å². The van der Waals surface area contributed by atoms with Crippen LogP contribution in [-0.4, -0.2) is 41.7 Å². The van der Waals surface area contributed by atoms with Gasteiger partial charge in [0.05, 0.1) is 23.7 Å². The second-order valence-electron chi connectivity index (χ2n) is 10.5. The van der Waals surface area contributed by atoms with Gasteiger partial charge in [-0.15, -0.1) is 0 Å². The summed E-state index contributed by atoms with van der Waals surface area (Å²) in [4.78, 5) is 58.0. The van der Waals surface area contributed by atoms with E-state index in [1.807, 2.05) is 48.5 Å². The smallest absolute Gasteiger partial charge is 0.305 e. The average Bonchev–Trinajstić information content (AvgIpc) is 3.54. The van der Waals surface area contributed by atoms with Gasteiger partial charge in [0.25, 0.3) is 5.91 Å². The summed E-state index contributed by atoms with van der Waals surface area (Å²) in [7, 11) is 1.54. The van der Waals surface area contributed by atoms with Crippen LogP contribution in [0.5, 0.6) is 11.5 Å². The fourth-order valence-electron chi connectivity index (χ4n) is 5.90. The maximum atomic E-state index is 14.1. The lowest BCUT2D eigenvalue weighted by Gasteiger charge is -2.31. The Morgan fingerprint density at radius 2 is 1.76 bits per heavy atom. The van der Waals surface area contributed by atoms with E-state index in [0.29, 0.717) is 42.8 Å². The molecule has 0 aliphatic carbocycles. The first-order valence-corrected chi connectivity index (χ1v) is 16.4. The van der Waals surface area contributed by atoms with E-state index in [1.54, 1.807) is 43.5 Å². The zero-order chi connectivity index (χ0) is 31.2. The zero-order valence-corrected chi connectivity index (χ0v) is 26.8. The molecule has 0 bridgehead atoms. The third-order valence-electron chi connectivity index (χ3n) is 7.88. The highest BCUT2D eigenvalue weighted by Gasteiger charge is 2.56. The molecule has 3 unspecified atom stereocenters. The molecule has 226 valence electrons. The lowest BCUT2D eigenvalue weighted by Crippen LogP contribution is -2.32. The molecule has 3 heterocycles. The molecule has 3 amide bonds. The number of benzene rings is 4. The lowest BCUT2D eigenvalue weighted by atomic mass is 9.82. The molecular formula is C33H24BrN3O6S2. The molecular weight excluding hydrogens is 678 g/mol. The normalized spacial score (nSPS) is 18.9. The van der Waals surface area contributed by atoms with Gasteiger partial charge in [0, 0.05) is 31.9 Å². The number of thiazole rings is 1. The Balaban J connectivity index is 1.22. The minimum Gasteiger partial charge on any atom is -0.497 e. The first-order chi connectivity index (χ1) is 21.8. The number of fused-ring (bicyclic) bond motifs is 3. The van der Waals surface area contributed by atoms with Gasteiger partial charge in [-0.2, -0.15) is 0 Å². The first kappa shape index (κ1) is 29.3. The molecule has 0 spiro atoms. The quantitative estimate of drug-likeness (QED) is 0.195. The number of nitrogens with zero attached hydrogens (tertiary/aromatic N) is 1. The monoisotopic (exact) mass is 701 g/mol. The second kappa shape index (κ2) is 11.8. The molecule has 0 radical (unpaired) electrons. The number of rotatable bonds is 7. The van der Waals surface area contributed by atoms with E-state index >= 15 is 0 Å². The molecule has 1 aromatic heterocycles. The Morgan fingerprint density at radius 3 is 2.56 bits per heavy atom. The van der Waals surface area contributed by atoms with Crippen LogP contribution in [0.1, 0.15) is 16.4 Å². The van der Waals surface area contributed by atoms with Gasteiger partial charge in [0.2, 0.25) is 11.8 Å². The molecule has 3 atom stereocenters. The van der Waals surface area contributed by atoms with Gasteiger partial charge in [-0.25, -0.2) is 4.90 Å². The van der Waals surface area contributed by atoms with E-state index in [0.717, 1.165) is 22.1 Å². The van der Waals surface area contributed by atoms with E-state index < -0.39 is 17.1 Å². The van der Waals surface area contributed by atoms with Crippen molar-refractivity contribution in [3.8, 4) is 11.5 Å². The summed E-state index contributed by atoms with van der Waals surface area (Å²) in [6.07, 6.45) is 0. The largest absolute Gasteiger partial charge is 0.497 e. The maximum Gasteiger partial charge on any atom is 0.305 e. The summed E-state index contributed by atoms with van der Waals surface area (Å²) in [5.74, 6) is -1.62. The number of methoxy groups -OCH3 is 1. The highest BCUT2D eigenvalue weighted by molar-refractivity contribution is 9.10. The van der Waals surface area contributed by atoms with Crippen LogP contribution < -0.4 is 24.6 Å². The number of carbonyl (C=O) groups is 3. The van der Waals surface area contributed by atoms with Gasteiger partial charge < -0.3 is 19.8 Å². The molecule has 12 heteroatoms. The molecule has 1 saturated heterocycles. The molecule has 4 aromatic carbocycles. The van der Waals surface area contributed by atoms with Gasteiger partial charge in [0.15, 0.2) is 6.61 Å². The molecule has 2 aliphatic rings. The number of carbonyl (C=O) groups excluding carboxylic acids is 3. The van der Waals surface area contributed by atoms with Crippen LogP contribution in [0.4, 0.5) is 11.4 Å². The van der Waals surface area contributed by atoms with Crippen molar-refractivity contribution >= 4 is 78.9 Å².